The first-order chi connectivity index (χ1) is 15.4. The van der Waals surface area contributed by atoms with Gasteiger partial charge < -0.3 is 19.5 Å². The summed E-state index contributed by atoms with van der Waals surface area (Å²) in [7, 11) is 1.64. The quantitative estimate of drug-likeness (QED) is 0.598. The van der Waals surface area contributed by atoms with Crippen LogP contribution in [0.5, 0.6) is 0 Å². The Morgan fingerprint density at radius 1 is 1.16 bits per heavy atom. The summed E-state index contributed by atoms with van der Waals surface area (Å²) in [6.45, 7) is 3.47. The molecular weight excluding hydrogens is 426 g/mol. The van der Waals surface area contributed by atoms with Crippen LogP contribution >= 0.6 is 11.6 Å². The van der Waals surface area contributed by atoms with Gasteiger partial charge in [-0.15, -0.1) is 0 Å². The Kier molecular flexibility index (Phi) is 5.22. The molecule has 1 N–H and O–H groups in total. The Bertz CT molecular complexity index is 1190. The minimum Gasteiger partial charge on any atom is -0.385 e. The number of halogens is 1. The summed E-state index contributed by atoms with van der Waals surface area (Å²) in [5.74, 6) is -0.133. The van der Waals surface area contributed by atoms with E-state index in [1.165, 1.54) is 0 Å². The number of nitrogens with one attached hydrogen (secondary N) is 1. The third kappa shape index (κ3) is 3.12. The first-order valence-corrected chi connectivity index (χ1v) is 11.3. The molecule has 1 aromatic heterocycles. The van der Waals surface area contributed by atoms with Gasteiger partial charge in [0.15, 0.2) is 5.54 Å². The highest BCUT2D eigenvalue weighted by Crippen LogP contribution is 2.48. The Labute approximate surface area is 192 Å². The molecule has 1 unspecified atom stereocenters. The summed E-state index contributed by atoms with van der Waals surface area (Å²) in [5, 5.41) is 1.75. The fraction of sp³-hybridized carbons (Fsp3) is 0.360. The molecule has 0 saturated carbocycles. The zero-order valence-corrected chi connectivity index (χ0v) is 19.0. The molecule has 2 aliphatic rings. The van der Waals surface area contributed by atoms with Crippen molar-refractivity contribution in [2.24, 2.45) is 0 Å². The molecule has 2 aromatic carbocycles. The molecule has 166 valence electrons. The molecule has 2 amide bonds. The highest BCUT2D eigenvalue weighted by molar-refractivity contribution is 6.30. The number of methoxy groups -OCH3 is 1. The van der Waals surface area contributed by atoms with Crippen LogP contribution in [0.4, 0.5) is 0 Å². The lowest BCUT2D eigenvalue weighted by Gasteiger charge is -2.51. The summed E-state index contributed by atoms with van der Waals surface area (Å²) in [4.78, 5) is 34.1. The topological polar surface area (TPSA) is 65.6 Å². The van der Waals surface area contributed by atoms with E-state index in [1.807, 2.05) is 49.4 Å². The minimum absolute atomic E-state index is 0.0345. The average Bonchev–Trinajstić information content (AvgIpc) is 3.19. The van der Waals surface area contributed by atoms with E-state index < -0.39 is 5.54 Å². The van der Waals surface area contributed by atoms with Gasteiger partial charge in [0.2, 0.25) is 5.91 Å². The van der Waals surface area contributed by atoms with Crippen molar-refractivity contribution in [1.29, 1.82) is 0 Å². The van der Waals surface area contributed by atoms with Crippen molar-refractivity contribution in [3.8, 4) is 0 Å². The van der Waals surface area contributed by atoms with E-state index in [0.717, 1.165) is 27.7 Å². The molecule has 0 radical (unpaired) electrons. The number of para-hydroxylation sites is 1. The van der Waals surface area contributed by atoms with E-state index in [-0.39, 0.29) is 24.3 Å². The molecule has 32 heavy (non-hydrogen) atoms. The highest BCUT2D eigenvalue weighted by Gasteiger charge is 2.56. The first-order valence-electron chi connectivity index (χ1n) is 10.9. The largest absolute Gasteiger partial charge is 0.385 e. The van der Waals surface area contributed by atoms with Crippen molar-refractivity contribution < 1.29 is 14.3 Å². The standard InChI is InChI=1S/C25H26ClN3O3/c1-25-23-22(18-6-3-4-7-20(18)27-23)19(16-8-10-17(26)11-9-16)14-29(25)21(30)15-28(24(25)31)12-5-13-32-2/h3-4,6-11,19,27H,5,12-15H2,1-2H3/t19?,25-/m0/s1. The van der Waals surface area contributed by atoms with Crippen molar-refractivity contribution in [3.63, 3.8) is 0 Å². The fourth-order valence-electron chi connectivity index (χ4n) is 5.25. The van der Waals surface area contributed by atoms with Crippen LogP contribution in [0.1, 0.15) is 36.1 Å². The summed E-state index contributed by atoms with van der Waals surface area (Å²) in [5.41, 5.74) is 2.86. The van der Waals surface area contributed by atoms with Crippen LogP contribution in [-0.4, -0.2) is 59.9 Å². The zero-order valence-electron chi connectivity index (χ0n) is 18.2. The molecule has 1 fully saturated rings. The van der Waals surface area contributed by atoms with Gasteiger partial charge in [-0.1, -0.05) is 41.9 Å². The van der Waals surface area contributed by atoms with E-state index in [4.69, 9.17) is 16.3 Å². The molecule has 0 spiro atoms. The number of fused-ring (bicyclic) bond motifs is 5. The van der Waals surface area contributed by atoms with Crippen LogP contribution < -0.4 is 0 Å². The number of hydrogen-bond acceptors (Lipinski definition) is 3. The lowest BCUT2D eigenvalue weighted by Crippen LogP contribution is -2.67. The SMILES string of the molecule is COCCCN1CC(=O)N2CC(c3ccc(Cl)cc3)c3c([nH]c4ccccc34)[C@@]2(C)C1=O. The normalized spacial score (nSPS) is 22.9. The van der Waals surface area contributed by atoms with Crippen molar-refractivity contribution in [3.05, 3.63) is 70.4 Å². The first kappa shape index (κ1) is 21.0. The number of nitrogens with zero attached hydrogens (tertiary/aromatic N) is 2. The molecule has 0 bridgehead atoms. The predicted molar refractivity (Wildman–Crippen MR) is 124 cm³/mol. The lowest BCUT2D eigenvalue weighted by molar-refractivity contribution is -0.166. The van der Waals surface area contributed by atoms with Crippen LogP contribution in [0.2, 0.25) is 5.02 Å². The second kappa shape index (κ2) is 7.94. The number of amides is 2. The van der Waals surface area contributed by atoms with Crippen LogP contribution in [0.3, 0.4) is 0 Å². The fourth-order valence-corrected chi connectivity index (χ4v) is 5.38. The molecule has 2 atom stereocenters. The summed E-state index contributed by atoms with van der Waals surface area (Å²) >= 11 is 6.14. The third-order valence-corrected chi connectivity index (χ3v) is 7.12. The van der Waals surface area contributed by atoms with E-state index >= 15 is 0 Å². The van der Waals surface area contributed by atoms with Crippen molar-refractivity contribution in [2.45, 2.75) is 24.8 Å². The van der Waals surface area contributed by atoms with E-state index in [2.05, 4.69) is 11.1 Å². The maximum absolute atomic E-state index is 13.8. The number of H-pyrrole nitrogens is 1. The van der Waals surface area contributed by atoms with Crippen LogP contribution in [-0.2, 0) is 19.9 Å². The molecular formula is C25H26ClN3O3. The highest BCUT2D eigenvalue weighted by atomic mass is 35.5. The number of hydrogen-bond donors (Lipinski definition) is 1. The van der Waals surface area contributed by atoms with Crippen molar-refractivity contribution in [2.75, 3.05) is 33.4 Å². The maximum atomic E-state index is 13.8. The molecule has 1 saturated heterocycles. The number of aromatic nitrogens is 1. The van der Waals surface area contributed by atoms with E-state index in [0.29, 0.717) is 31.1 Å². The van der Waals surface area contributed by atoms with Gasteiger partial charge in [0.1, 0.15) is 0 Å². The summed E-state index contributed by atoms with van der Waals surface area (Å²) < 4.78 is 5.15. The third-order valence-electron chi connectivity index (χ3n) is 6.87. The number of piperazine rings is 1. The number of carbonyl (C=O) groups is 2. The van der Waals surface area contributed by atoms with Gasteiger partial charge in [-0.05, 0) is 42.7 Å². The Morgan fingerprint density at radius 2 is 1.91 bits per heavy atom. The molecule has 3 aromatic rings. The van der Waals surface area contributed by atoms with E-state index in [1.54, 1.807) is 16.9 Å². The smallest absolute Gasteiger partial charge is 0.254 e. The minimum atomic E-state index is -1.07. The number of ether oxygens (including phenoxy) is 1. The second-order valence-corrected chi connectivity index (χ2v) is 9.15. The molecule has 6 nitrogen and oxygen atoms in total. The number of carbonyl (C=O) groups excluding carboxylic acids is 2. The van der Waals surface area contributed by atoms with Gasteiger partial charge in [-0.3, -0.25) is 9.59 Å². The lowest BCUT2D eigenvalue weighted by atomic mass is 9.76. The summed E-state index contributed by atoms with van der Waals surface area (Å²) in [6, 6.07) is 15.9. The van der Waals surface area contributed by atoms with Gasteiger partial charge in [-0.25, -0.2) is 0 Å². The van der Waals surface area contributed by atoms with E-state index in [9.17, 15) is 9.59 Å². The predicted octanol–water partition coefficient (Wildman–Crippen LogP) is 3.89. The molecule has 0 aliphatic carbocycles. The maximum Gasteiger partial charge on any atom is 0.254 e. The molecule has 2 aliphatic heterocycles. The number of aromatic amines is 1. The number of benzene rings is 2. The monoisotopic (exact) mass is 451 g/mol. The zero-order chi connectivity index (χ0) is 22.5. The van der Waals surface area contributed by atoms with Crippen molar-refractivity contribution in [1.82, 2.24) is 14.8 Å². The molecule has 3 heterocycles. The number of rotatable bonds is 5. The second-order valence-electron chi connectivity index (χ2n) is 8.71. The van der Waals surface area contributed by atoms with Crippen LogP contribution in [0, 0.1) is 0 Å². The van der Waals surface area contributed by atoms with Crippen molar-refractivity contribution >= 4 is 34.3 Å². The summed E-state index contributed by atoms with van der Waals surface area (Å²) in [6.07, 6.45) is 0.693. The van der Waals surface area contributed by atoms with Gasteiger partial charge >= 0.3 is 0 Å². The van der Waals surface area contributed by atoms with Gasteiger partial charge in [-0.2, -0.15) is 0 Å². The molecule has 7 heteroatoms. The van der Waals surface area contributed by atoms with Crippen LogP contribution in [0.25, 0.3) is 10.9 Å². The average molecular weight is 452 g/mol. The Morgan fingerprint density at radius 3 is 2.66 bits per heavy atom. The Hall–Kier alpha value is -2.83. The van der Waals surface area contributed by atoms with Crippen LogP contribution in [0.15, 0.2) is 48.5 Å². The van der Waals surface area contributed by atoms with Gasteiger partial charge in [0, 0.05) is 48.6 Å². The van der Waals surface area contributed by atoms with Gasteiger partial charge in [0.25, 0.3) is 5.91 Å². The molecule has 5 rings (SSSR count). The Balaban J connectivity index is 1.67. The van der Waals surface area contributed by atoms with Gasteiger partial charge in [0.05, 0.1) is 12.2 Å².